The number of para-hydroxylation sites is 1. The predicted molar refractivity (Wildman–Crippen MR) is 122 cm³/mol. The molecule has 0 aromatic heterocycles. The molecular weight excluding hydrogens is 432 g/mol. The van der Waals surface area contributed by atoms with Crippen LogP contribution in [0, 0.1) is 0 Å². The smallest absolute Gasteiger partial charge is 0.243 e. The Balaban J connectivity index is 1.77. The third-order valence-electron chi connectivity index (χ3n) is 4.63. The van der Waals surface area contributed by atoms with Crippen molar-refractivity contribution in [1.82, 2.24) is 0 Å². The van der Waals surface area contributed by atoms with Gasteiger partial charge < -0.3 is 24.8 Å². The molecule has 0 aliphatic heterocycles. The zero-order valence-corrected chi connectivity index (χ0v) is 18.7. The maximum atomic E-state index is 13.0. The van der Waals surface area contributed by atoms with Gasteiger partial charge in [0, 0.05) is 11.8 Å². The number of rotatable bonds is 9. The molecule has 32 heavy (non-hydrogen) atoms. The molecule has 9 heteroatoms. The third kappa shape index (κ3) is 4.94. The van der Waals surface area contributed by atoms with Gasteiger partial charge in [-0.05, 0) is 36.4 Å². The van der Waals surface area contributed by atoms with E-state index in [1.807, 2.05) is 0 Å². The summed E-state index contributed by atoms with van der Waals surface area (Å²) in [5.74, 6) is 0.828. The van der Waals surface area contributed by atoms with E-state index in [0.717, 1.165) is 0 Å². The van der Waals surface area contributed by atoms with Crippen molar-refractivity contribution in [2.75, 3.05) is 38.5 Å². The second kappa shape index (κ2) is 10.1. The van der Waals surface area contributed by atoms with Crippen LogP contribution in [0.4, 0.5) is 11.4 Å². The first kappa shape index (κ1) is 23.0. The van der Waals surface area contributed by atoms with Gasteiger partial charge in [0.05, 0.1) is 38.5 Å². The van der Waals surface area contributed by atoms with Gasteiger partial charge in [0.15, 0.2) is 17.2 Å². The molecule has 3 aromatic rings. The molecule has 0 radical (unpaired) electrons. The summed E-state index contributed by atoms with van der Waals surface area (Å²) in [5, 5.41) is 5.69. The van der Waals surface area contributed by atoms with Crippen molar-refractivity contribution in [2.45, 2.75) is 9.79 Å². The van der Waals surface area contributed by atoms with E-state index in [1.165, 1.54) is 39.5 Å². The highest BCUT2D eigenvalue weighted by Crippen LogP contribution is 2.35. The van der Waals surface area contributed by atoms with E-state index >= 15 is 0 Å². The Labute approximate surface area is 187 Å². The average Bonchev–Trinajstić information content (AvgIpc) is 2.82. The molecule has 0 fully saturated rings. The van der Waals surface area contributed by atoms with E-state index in [-0.39, 0.29) is 28.0 Å². The number of anilines is 2. The Morgan fingerprint density at radius 3 is 2.22 bits per heavy atom. The molecule has 0 aliphatic carbocycles. The Hall–Kier alpha value is -3.72. The van der Waals surface area contributed by atoms with Gasteiger partial charge in [0.2, 0.25) is 15.7 Å². The standard InChI is InChI=1S/C23H24N2O6S/c1-29-19-13-12-16(14-20(19)30-2)25-22(26)15-24-18-10-7-11-21(23(18)31-3)32(27,28)17-8-5-4-6-9-17/h4-14,24H,15H2,1-3H3,(H,25,26). The van der Waals surface area contributed by atoms with E-state index in [2.05, 4.69) is 10.6 Å². The highest BCUT2D eigenvalue weighted by atomic mass is 32.2. The monoisotopic (exact) mass is 456 g/mol. The average molecular weight is 457 g/mol. The largest absolute Gasteiger partial charge is 0.493 e. The Morgan fingerprint density at radius 1 is 0.844 bits per heavy atom. The van der Waals surface area contributed by atoms with E-state index in [1.54, 1.807) is 48.5 Å². The normalized spacial score (nSPS) is 10.8. The number of methoxy groups -OCH3 is 3. The number of sulfone groups is 1. The lowest BCUT2D eigenvalue weighted by atomic mass is 10.2. The SMILES string of the molecule is COc1ccc(NC(=O)CNc2cccc(S(=O)(=O)c3ccccc3)c2OC)cc1OC. The van der Waals surface area contributed by atoms with Crippen molar-refractivity contribution in [3.63, 3.8) is 0 Å². The minimum atomic E-state index is -3.80. The number of carbonyl (C=O) groups excluding carboxylic acids is 1. The predicted octanol–water partition coefficient (Wildman–Crippen LogP) is 3.60. The van der Waals surface area contributed by atoms with Gasteiger partial charge >= 0.3 is 0 Å². The minimum absolute atomic E-state index is 0.0106. The molecule has 0 atom stereocenters. The summed E-state index contributed by atoms with van der Waals surface area (Å²) in [6, 6.07) is 17.8. The zero-order chi connectivity index (χ0) is 23.1. The van der Waals surface area contributed by atoms with Crippen molar-refractivity contribution < 1.29 is 27.4 Å². The first-order valence-electron chi connectivity index (χ1n) is 9.63. The van der Waals surface area contributed by atoms with Crippen LogP contribution in [-0.4, -0.2) is 42.2 Å². The molecule has 0 saturated carbocycles. The summed E-state index contributed by atoms with van der Waals surface area (Å²) in [4.78, 5) is 12.6. The van der Waals surface area contributed by atoms with Crippen LogP contribution >= 0.6 is 0 Å². The Morgan fingerprint density at radius 2 is 1.56 bits per heavy atom. The molecule has 0 bridgehead atoms. The zero-order valence-electron chi connectivity index (χ0n) is 17.9. The summed E-state index contributed by atoms with van der Waals surface area (Å²) < 4.78 is 41.9. The van der Waals surface area contributed by atoms with Crippen molar-refractivity contribution in [1.29, 1.82) is 0 Å². The van der Waals surface area contributed by atoms with Crippen LogP contribution in [0.2, 0.25) is 0 Å². The molecule has 3 aromatic carbocycles. The molecule has 8 nitrogen and oxygen atoms in total. The molecule has 0 aliphatic rings. The van der Waals surface area contributed by atoms with Gasteiger partial charge in [-0.2, -0.15) is 0 Å². The van der Waals surface area contributed by atoms with Crippen LogP contribution in [0.3, 0.4) is 0 Å². The summed E-state index contributed by atoms with van der Waals surface area (Å²) >= 11 is 0. The molecule has 0 unspecified atom stereocenters. The summed E-state index contributed by atoms with van der Waals surface area (Å²) in [7, 11) is 0.621. The lowest BCUT2D eigenvalue weighted by Crippen LogP contribution is -2.22. The third-order valence-corrected chi connectivity index (χ3v) is 6.43. The van der Waals surface area contributed by atoms with Gasteiger partial charge in [0.25, 0.3) is 0 Å². The molecule has 0 heterocycles. The first-order chi connectivity index (χ1) is 15.4. The molecule has 3 rings (SSSR count). The van der Waals surface area contributed by atoms with Gasteiger partial charge in [-0.3, -0.25) is 4.79 Å². The van der Waals surface area contributed by atoms with Crippen molar-refractivity contribution in [3.05, 3.63) is 66.7 Å². The summed E-state index contributed by atoms with van der Waals surface area (Å²) in [5.41, 5.74) is 0.911. The topological polar surface area (TPSA) is 103 Å². The van der Waals surface area contributed by atoms with Crippen molar-refractivity contribution >= 4 is 27.1 Å². The van der Waals surface area contributed by atoms with Crippen LogP contribution in [0.5, 0.6) is 17.2 Å². The second-order valence-electron chi connectivity index (χ2n) is 6.62. The fourth-order valence-electron chi connectivity index (χ4n) is 3.10. The van der Waals surface area contributed by atoms with Gasteiger partial charge in [-0.25, -0.2) is 8.42 Å². The van der Waals surface area contributed by atoms with E-state index < -0.39 is 9.84 Å². The second-order valence-corrected chi connectivity index (χ2v) is 8.54. The number of carbonyl (C=O) groups is 1. The van der Waals surface area contributed by atoms with E-state index in [0.29, 0.717) is 22.9 Å². The van der Waals surface area contributed by atoms with Crippen LogP contribution in [0.1, 0.15) is 0 Å². The molecule has 1 amide bonds. The minimum Gasteiger partial charge on any atom is -0.493 e. The molecule has 2 N–H and O–H groups in total. The quantitative estimate of drug-likeness (QED) is 0.507. The number of ether oxygens (including phenoxy) is 3. The molecule has 168 valence electrons. The van der Waals surface area contributed by atoms with Gasteiger partial charge in [-0.15, -0.1) is 0 Å². The van der Waals surface area contributed by atoms with Crippen LogP contribution < -0.4 is 24.8 Å². The highest BCUT2D eigenvalue weighted by molar-refractivity contribution is 7.91. The number of hydrogen-bond donors (Lipinski definition) is 2. The van der Waals surface area contributed by atoms with Crippen LogP contribution in [0.15, 0.2) is 76.5 Å². The van der Waals surface area contributed by atoms with Gasteiger partial charge in [0.1, 0.15) is 4.90 Å². The molecule has 0 spiro atoms. The fourth-order valence-corrected chi connectivity index (χ4v) is 4.56. The van der Waals surface area contributed by atoms with Gasteiger partial charge in [-0.1, -0.05) is 24.3 Å². The Kier molecular flexibility index (Phi) is 7.21. The van der Waals surface area contributed by atoms with Crippen molar-refractivity contribution in [2.24, 2.45) is 0 Å². The summed E-state index contributed by atoms with van der Waals surface area (Å²) in [6.45, 7) is -0.112. The molecule has 0 saturated heterocycles. The maximum absolute atomic E-state index is 13.0. The summed E-state index contributed by atoms with van der Waals surface area (Å²) in [6.07, 6.45) is 0. The first-order valence-corrected chi connectivity index (χ1v) is 11.1. The maximum Gasteiger partial charge on any atom is 0.243 e. The van der Waals surface area contributed by atoms with Crippen molar-refractivity contribution in [3.8, 4) is 17.2 Å². The number of benzene rings is 3. The number of nitrogens with one attached hydrogen (secondary N) is 2. The van der Waals surface area contributed by atoms with Crippen LogP contribution in [0.25, 0.3) is 0 Å². The lowest BCUT2D eigenvalue weighted by Gasteiger charge is -2.15. The highest BCUT2D eigenvalue weighted by Gasteiger charge is 2.24. The number of amides is 1. The number of hydrogen-bond acceptors (Lipinski definition) is 7. The fraction of sp³-hybridized carbons (Fsp3) is 0.174. The van der Waals surface area contributed by atoms with Crippen LogP contribution in [-0.2, 0) is 14.6 Å². The Bertz CT molecular complexity index is 1200. The molecular formula is C23H24N2O6S. The lowest BCUT2D eigenvalue weighted by molar-refractivity contribution is -0.114. The van der Waals surface area contributed by atoms with E-state index in [4.69, 9.17) is 14.2 Å². The van der Waals surface area contributed by atoms with E-state index in [9.17, 15) is 13.2 Å².